The van der Waals surface area contributed by atoms with E-state index in [9.17, 15) is 9.90 Å². The summed E-state index contributed by atoms with van der Waals surface area (Å²) in [7, 11) is 0. The fourth-order valence-electron chi connectivity index (χ4n) is 2.44. The number of rotatable bonds is 1. The lowest BCUT2D eigenvalue weighted by molar-refractivity contribution is -0.592. The van der Waals surface area contributed by atoms with Crippen LogP contribution in [0, 0.1) is 5.92 Å². The molecular formula is C11H11ClN4O2. The number of carbonyl (C=O) groups is 1. The van der Waals surface area contributed by atoms with E-state index < -0.39 is 6.09 Å². The van der Waals surface area contributed by atoms with Crippen LogP contribution in [0.5, 0.6) is 0 Å². The van der Waals surface area contributed by atoms with Gasteiger partial charge in [0.1, 0.15) is 18.0 Å². The third-order valence-electron chi connectivity index (χ3n) is 3.40. The Morgan fingerprint density at radius 1 is 1.61 bits per heavy atom. The van der Waals surface area contributed by atoms with Crippen LogP contribution >= 0.6 is 11.8 Å². The van der Waals surface area contributed by atoms with Crippen molar-refractivity contribution in [2.45, 2.75) is 6.42 Å². The van der Waals surface area contributed by atoms with Crippen molar-refractivity contribution in [1.82, 2.24) is 4.90 Å². The summed E-state index contributed by atoms with van der Waals surface area (Å²) in [6.45, 7) is 0.890. The van der Waals surface area contributed by atoms with E-state index in [1.165, 1.54) is 4.90 Å². The Bertz CT molecular complexity index is 525. The van der Waals surface area contributed by atoms with Gasteiger partial charge in [-0.2, -0.15) is 4.99 Å². The van der Waals surface area contributed by atoms with Crippen LogP contribution in [0.3, 0.4) is 0 Å². The van der Waals surface area contributed by atoms with Gasteiger partial charge in [-0.3, -0.25) is 4.99 Å². The third-order valence-corrected chi connectivity index (χ3v) is 3.78. The number of aliphatic imine (C=N–C) groups is 2. The van der Waals surface area contributed by atoms with Crippen LogP contribution in [0.4, 0.5) is 4.79 Å². The number of allylic oxidation sites excluding steroid dienone is 1. The molecule has 0 bridgehead atoms. The van der Waals surface area contributed by atoms with Crippen LogP contribution in [0.15, 0.2) is 33.8 Å². The third kappa shape index (κ3) is 1.65. The van der Waals surface area contributed by atoms with Gasteiger partial charge >= 0.3 is 0 Å². The van der Waals surface area contributed by atoms with E-state index in [-0.39, 0.29) is 9.92 Å². The van der Waals surface area contributed by atoms with E-state index in [0.29, 0.717) is 13.1 Å². The standard InChI is InChI=1S/C11H11ClN4O2/c12-16-4-2-13-5-9(16)10(14-7-16)8-1-3-15(6-8)11(17)18/h2,4-5,7-8H,1,3,6H2. The molecule has 0 aromatic carbocycles. The van der Waals surface area contributed by atoms with E-state index in [1.807, 2.05) is 0 Å². The summed E-state index contributed by atoms with van der Waals surface area (Å²) < 4.78 is -0.0132. The molecule has 0 aliphatic carbocycles. The average Bonchev–Trinajstić information content (AvgIpc) is 2.91. The molecule has 7 heteroatoms. The van der Waals surface area contributed by atoms with Gasteiger partial charge in [0.15, 0.2) is 11.8 Å². The number of carbonyl (C=O) groups excluding carboxylic acids is 1. The van der Waals surface area contributed by atoms with Gasteiger partial charge in [0.05, 0.1) is 12.4 Å². The molecule has 1 amide bonds. The van der Waals surface area contributed by atoms with Gasteiger partial charge in [0.25, 0.3) is 0 Å². The number of hydrogen-bond donors (Lipinski definition) is 0. The van der Waals surface area contributed by atoms with Gasteiger partial charge in [-0.15, -0.1) is 4.00 Å². The lowest BCUT2D eigenvalue weighted by atomic mass is 10.0. The van der Waals surface area contributed by atoms with Crippen LogP contribution in [-0.2, 0) is 0 Å². The Labute approximate surface area is 109 Å². The molecular weight excluding hydrogens is 256 g/mol. The summed E-state index contributed by atoms with van der Waals surface area (Å²) in [6, 6.07) is 0. The highest BCUT2D eigenvalue weighted by Crippen LogP contribution is 2.37. The lowest BCUT2D eigenvalue weighted by Gasteiger charge is -2.19. The summed E-state index contributed by atoms with van der Waals surface area (Å²) in [5.74, 6) is 0.0610. The van der Waals surface area contributed by atoms with Gasteiger partial charge in [-0.05, 0) is 6.42 Å². The lowest BCUT2D eigenvalue weighted by Crippen LogP contribution is -2.39. The predicted molar refractivity (Wildman–Crippen MR) is 64.3 cm³/mol. The van der Waals surface area contributed by atoms with Crippen molar-refractivity contribution in [2.75, 3.05) is 13.1 Å². The normalized spacial score (nSPS) is 33.4. The molecule has 94 valence electrons. The highest BCUT2D eigenvalue weighted by molar-refractivity contribution is 6.14. The van der Waals surface area contributed by atoms with E-state index in [4.69, 9.17) is 11.8 Å². The Balaban J connectivity index is 1.88. The zero-order chi connectivity index (χ0) is 12.8. The first kappa shape index (κ1) is 11.4. The molecule has 3 aliphatic rings. The van der Waals surface area contributed by atoms with E-state index in [1.54, 1.807) is 25.0 Å². The zero-order valence-corrected chi connectivity index (χ0v) is 10.2. The summed E-state index contributed by atoms with van der Waals surface area (Å²) in [5, 5.41) is 10.8. The van der Waals surface area contributed by atoms with Gasteiger partial charge in [-0.25, -0.2) is 0 Å². The monoisotopic (exact) mass is 266 g/mol. The van der Waals surface area contributed by atoms with Crippen molar-refractivity contribution in [2.24, 2.45) is 15.9 Å². The molecule has 3 aliphatic heterocycles. The van der Waals surface area contributed by atoms with Gasteiger partial charge in [0.2, 0.25) is 12.0 Å². The zero-order valence-electron chi connectivity index (χ0n) is 9.49. The molecule has 3 heterocycles. The Hall–Kier alpha value is -1.66. The number of nitrogens with zero attached hydrogens (tertiary/aromatic N) is 4. The van der Waals surface area contributed by atoms with Crippen molar-refractivity contribution in [3.05, 3.63) is 23.8 Å². The van der Waals surface area contributed by atoms with Crippen molar-refractivity contribution in [1.29, 1.82) is 0 Å². The fraction of sp³-hybridized carbons (Fsp3) is 0.364. The number of carboxylic acid groups (broad SMARTS) is 1. The molecule has 6 nitrogen and oxygen atoms in total. The summed E-state index contributed by atoms with van der Waals surface area (Å²) in [4.78, 5) is 20.5. The maximum absolute atomic E-state index is 10.8. The molecule has 0 N–H and O–H groups in total. The maximum Gasteiger partial charge on any atom is 0.218 e. The van der Waals surface area contributed by atoms with Crippen LogP contribution in [0.25, 0.3) is 0 Å². The van der Waals surface area contributed by atoms with Crippen molar-refractivity contribution in [3.8, 4) is 0 Å². The molecule has 0 aromatic rings. The number of fused-ring (bicyclic) bond motifs is 1. The van der Waals surface area contributed by atoms with Crippen molar-refractivity contribution >= 4 is 30.4 Å². The molecule has 1 fully saturated rings. The molecule has 0 aromatic heterocycles. The first-order valence-corrected chi connectivity index (χ1v) is 5.99. The molecule has 2 atom stereocenters. The minimum Gasteiger partial charge on any atom is -0.530 e. The summed E-state index contributed by atoms with van der Waals surface area (Å²) in [6.07, 6.45) is 6.24. The second-order valence-electron chi connectivity index (χ2n) is 4.48. The van der Waals surface area contributed by atoms with Gasteiger partial charge < -0.3 is 14.8 Å². The van der Waals surface area contributed by atoms with Crippen LogP contribution in [0.1, 0.15) is 6.42 Å². The predicted octanol–water partition coefficient (Wildman–Crippen LogP) is 0.431. The molecule has 0 spiro atoms. The number of hydrogen-bond acceptors (Lipinski definition) is 4. The van der Waals surface area contributed by atoms with Crippen LogP contribution in [-0.4, -0.2) is 40.6 Å². The second-order valence-corrected chi connectivity index (χ2v) is 5.04. The highest BCUT2D eigenvalue weighted by Gasteiger charge is 2.41. The highest BCUT2D eigenvalue weighted by atomic mass is 35.5. The SMILES string of the molecule is O=C([O-])N1CCC(C2=C3C=NC=C[N+]3(Cl)C=N2)C1. The molecule has 3 rings (SSSR count). The topological polar surface area (TPSA) is 68.1 Å². The van der Waals surface area contributed by atoms with Crippen molar-refractivity contribution < 1.29 is 13.9 Å². The Morgan fingerprint density at radius 2 is 2.44 bits per heavy atom. The van der Waals surface area contributed by atoms with Crippen molar-refractivity contribution in [3.63, 3.8) is 0 Å². The van der Waals surface area contributed by atoms with E-state index in [2.05, 4.69) is 9.98 Å². The van der Waals surface area contributed by atoms with Gasteiger partial charge in [0, 0.05) is 19.0 Å². The smallest absolute Gasteiger partial charge is 0.218 e. The number of halogens is 1. The molecule has 0 radical (unpaired) electrons. The molecule has 0 saturated carbocycles. The van der Waals surface area contributed by atoms with Gasteiger partial charge in [-0.1, -0.05) is 0 Å². The molecule has 18 heavy (non-hydrogen) atoms. The number of amides is 1. The molecule has 1 saturated heterocycles. The van der Waals surface area contributed by atoms with Crippen LogP contribution in [0.2, 0.25) is 0 Å². The number of quaternary nitrogens is 1. The second kappa shape index (κ2) is 3.93. The Morgan fingerprint density at radius 3 is 3.17 bits per heavy atom. The fourth-order valence-corrected chi connectivity index (χ4v) is 2.66. The minimum absolute atomic E-state index is 0.0132. The summed E-state index contributed by atoms with van der Waals surface area (Å²) >= 11 is 6.35. The molecule has 2 unspecified atom stereocenters. The number of likely N-dealkylation sites (tertiary alicyclic amines) is 1. The summed E-state index contributed by atoms with van der Waals surface area (Å²) in [5.41, 5.74) is 1.62. The van der Waals surface area contributed by atoms with E-state index >= 15 is 0 Å². The Kier molecular flexibility index (Phi) is 2.49. The minimum atomic E-state index is -1.13. The largest absolute Gasteiger partial charge is 0.530 e. The first-order valence-electron chi connectivity index (χ1n) is 5.65. The average molecular weight is 267 g/mol. The maximum atomic E-state index is 10.8. The first-order chi connectivity index (χ1) is 8.60. The van der Waals surface area contributed by atoms with E-state index in [0.717, 1.165) is 17.8 Å². The van der Waals surface area contributed by atoms with Crippen LogP contribution < -0.4 is 5.11 Å². The quantitative estimate of drug-likeness (QED) is 0.646.